The molecule has 0 amide bonds. The van der Waals surface area contributed by atoms with Crippen molar-refractivity contribution in [2.24, 2.45) is 5.73 Å². The van der Waals surface area contributed by atoms with Gasteiger partial charge in [0.25, 0.3) is 0 Å². The Bertz CT molecular complexity index is 691. The minimum atomic E-state index is -0.144. The fourth-order valence-corrected chi connectivity index (χ4v) is 2.45. The molecule has 3 rings (SSSR count). The van der Waals surface area contributed by atoms with Crippen LogP contribution in [0.15, 0.2) is 84.9 Å². The zero-order chi connectivity index (χ0) is 15.2. The normalized spacial score (nSPS) is 12.0. The van der Waals surface area contributed by atoms with Crippen LogP contribution in [0.1, 0.15) is 17.3 Å². The molecule has 3 aromatic rings. The minimum Gasteiger partial charge on any atom is -0.312 e. The third-order valence-electron chi connectivity index (χ3n) is 3.75. The van der Waals surface area contributed by atoms with E-state index in [-0.39, 0.29) is 6.17 Å². The van der Waals surface area contributed by atoms with Crippen molar-refractivity contribution in [1.82, 2.24) is 5.32 Å². The van der Waals surface area contributed by atoms with Crippen LogP contribution < -0.4 is 11.1 Å². The van der Waals surface area contributed by atoms with Gasteiger partial charge in [-0.15, -0.1) is 0 Å². The van der Waals surface area contributed by atoms with Gasteiger partial charge in [-0.1, -0.05) is 84.9 Å². The number of rotatable bonds is 5. The summed E-state index contributed by atoms with van der Waals surface area (Å²) in [4.78, 5) is 0. The maximum absolute atomic E-state index is 6.15. The summed E-state index contributed by atoms with van der Waals surface area (Å²) in [6.07, 6.45) is -0.144. The summed E-state index contributed by atoms with van der Waals surface area (Å²) in [5.74, 6) is 0. The molecule has 2 heteroatoms. The number of nitrogens with one attached hydrogen (secondary N) is 1. The van der Waals surface area contributed by atoms with Crippen molar-refractivity contribution in [1.29, 1.82) is 0 Å². The Morgan fingerprint density at radius 3 is 1.86 bits per heavy atom. The Kier molecular flexibility index (Phi) is 4.64. The summed E-state index contributed by atoms with van der Waals surface area (Å²) in [7, 11) is 0. The Morgan fingerprint density at radius 1 is 0.682 bits per heavy atom. The highest BCUT2D eigenvalue weighted by Gasteiger charge is 2.04. The topological polar surface area (TPSA) is 38.0 Å². The van der Waals surface area contributed by atoms with E-state index in [1.165, 1.54) is 16.7 Å². The van der Waals surface area contributed by atoms with E-state index in [0.717, 1.165) is 12.1 Å². The molecule has 0 aliphatic rings. The smallest absolute Gasteiger partial charge is 0.0812 e. The van der Waals surface area contributed by atoms with Crippen LogP contribution in [0.4, 0.5) is 0 Å². The van der Waals surface area contributed by atoms with E-state index in [4.69, 9.17) is 5.73 Å². The van der Waals surface area contributed by atoms with Gasteiger partial charge in [-0.25, -0.2) is 0 Å². The first-order valence-electron chi connectivity index (χ1n) is 7.51. The number of nitrogens with two attached hydrogens (primary N) is 1. The summed E-state index contributed by atoms with van der Waals surface area (Å²) in [5.41, 5.74) is 11.0. The van der Waals surface area contributed by atoms with Gasteiger partial charge in [0, 0.05) is 6.54 Å². The summed E-state index contributed by atoms with van der Waals surface area (Å²) in [5, 5.41) is 3.35. The van der Waals surface area contributed by atoms with Crippen LogP contribution in [-0.4, -0.2) is 0 Å². The van der Waals surface area contributed by atoms with Crippen molar-refractivity contribution in [3.63, 3.8) is 0 Å². The molecule has 0 aromatic heterocycles. The molecule has 0 saturated heterocycles. The second-order valence-electron chi connectivity index (χ2n) is 5.33. The molecule has 22 heavy (non-hydrogen) atoms. The fraction of sp³-hybridized carbons (Fsp3) is 0.100. The maximum atomic E-state index is 6.15. The second-order valence-corrected chi connectivity index (χ2v) is 5.33. The molecular formula is C20H20N2. The van der Waals surface area contributed by atoms with Crippen LogP contribution in [0.25, 0.3) is 11.1 Å². The molecule has 1 unspecified atom stereocenters. The van der Waals surface area contributed by atoms with Crippen molar-refractivity contribution in [3.8, 4) is 11.1 Å². The van der Waals surface area contributed by atoms with Crippen molar-refractivity contribution in [2.45, 2.75) is 12.7 Å². The SMILES string of the molecule is NC(NCc1ccc(-c2ccccc2)cc1)c1ccccc1. The van der Waals surface area contributed by atoms with Gasteiger partial charge in [0.2, 0.25) is 0 Å². The Balaban J connectivity index is 1.62. The largest absolute Gasteiger partial charge is 0.312 e. The lowest BCUT2D eigenvalue weighted by Crippen LogP contribution is -2.28. The minimum absolute atomic E-state index is 0.144. The maximum Gasteiger partial charge on any atom is 0.0812 e. The molecule has 0 aliphatic carbocycles. The number of benzene rings is 3. The molecule has 0 radical (unpaired) electrons. The first-order valence-corrected chi connectivity index (χ1v) is 7.51. The Hall–Kier alpha value is -2.42. The summed E-state index contributed by atoms with van der Waals surface area (Å²) < 4.78 is 0. The van der Waals surface area contributed by atoms with E-state index in [1.54, 1.807) is 0 Å². The van der Waals surface area contributed by atoms with Crippen molar-refractivity contribution in [3.05, 3.63) is 96.1 Å². The van der Waals surface area contributed by atoms with Crippen LogP contribution >= 0.6 is 0 Å². The van der Waals surface area contributed by atoms with E-state index in [9.17, 15) is 0 Å². The van der Waals surface area contributed by atoms with Gasteiger partial charge in [-0.3, -0.25) is 5.32 Å². The van der Waals surface area contributed by atoms with Crippen LogP contribution in [0.5, 0.6) is 0 Å². The third-order valence-corrected chi connectivity index (χ3v) is 3.75. The molecule has 0 heterocycles. The molecule has 0 saturated carbocycles. The molecule has 0 aliphatic heterocycles. The monoisotopic (exact) mass is 288 g/mol. The van der Waals surface area contributed by atoms with E-state index in [1.807, 2.05) is 36.4 Å². The second kappa shape index (κ2) is 7.03. The molecule has 110 valence electrons. The third kappa shape index (κ3) is 3.61. The average molecular weight is 288 g/mol. The predicted octanol–water partition coefficient (Wildman–Crippen LogP) is 4.10. The lowest BCUT2D eigenvalue weighted by molar-refractivity contribution is 0.552. The zero-order valence-electron chi connectivity index (χ0n) is 12.4. The lowest BCUT2D eigenvalue weighted by Gasteiger charge is -2.14. The fourth-order valence-electron chi connectivity index (χ4n) is 2.45. The van der Waals surface area contributed by atoms with Gasteiger partial charge >= 0.3 is 0 Å². The van der Waals surface area contributed by atoms with Gasteiger partial charge in [-0.05, 0) is 22.3 Å². The van der Waals surface area contributed by atoms with E-state index < -0.39 is 0 Å². The molecule has 0 fully saturated rings. The molecular weight excluding hydrogens is 268 g/mol. The summed E-state index contributed by atoms with van der Waals surface area (Å²) in [6.45, 7) is 0.755. The molecule has 3 aromatic carbocycles. The van der Waals surface area contributed by atoms with Crippen molar-refractivity contribution < 1.29 is 0 Å². The lowest BCUT2D eigenvalue weighted by atomic mass is 10.0. The van der Waals surface area contributed by atoms with Gasteiger partial charge in [-0.2, -0.15) is 0 Å². The van der Waals surface area contributed by atoms with E-state index >= 15 is 0 Å². The zero-order valence-corrected chi connectivity index (χ0v) is 12.4. The number of hydrogen-bond acceptors (Lipinski definition) is 2. The van der Waals surface area contributed by atoms with Crippen LogP contribution in [0, 0.1) is 0 Å². The van der Waals surface area contributed by atoms with Crippen LogP contribution in [-0.2, 0) is 6.54 Å². The summed E-state index contributed by atoms with van der Waals surface area (Å²) >= 11 is 0. The van der Waals surface area contributed by atoms with Crippen LogP contribution in [0.3, 0.4) is 0 Å². The number of hydrogen-bond donors (Lipinski definition) is 2. The standard InChI is InChI=1S/C20H20N2/c21-20(19-9-5-2-6-10-19)22-15-16-11-13-18(14-12-16)17-7-3-1-4-8-17/h1-14,20,22H,15,21H2. The van der Waals surface area contributed by atoms with E-state index in [0.29, 0.717) is 0 Å². The van der Waals surface area contributed by atoms with Gasteiger partial charge in [0.05, 0.1) is 6.17 Å². The highest BCUT2D eigenvalue weighted by molar-refractivity contribution is 5.63. The van der Waals surface area contributed by atoms with Crippen LogP contribution in [0.2, 0.25) is 0 Å². The predicted molar refractivity (Wildman–Crippen MR) is 92.1 cm³/mol. The molecule has 0 bridgehead atoms. The molecule has 1 atom stereocenters. The Morgan fingerprint density at radius 2 is 1.23 bits per heavy atom. The molecule has 0 spiro atoms. The first kappa shape index (κ1) is 14.5. The van der Waals surface area contributed by atoms with Crippen molar-refractivity contribution in [2.75, 3.05) is 0 Å². The van der Waals surface area contributed by atoms with Gasteiger partial charge in [0.1, 0.15) is 0 Å². The van der Waals surface area contributed by atoms with Gasteiger partial charge < -0.3 is 5.73 Å². The highest BCUT2D eigenvalue weighted by Crippen LogP contribution is 2.19. The first-order chi connectivity index (χ1) is 10.8. The Labute approximate surface area is 131 Å². The van der Waals surface area contributed by atoms with E-state index in [2.05, 4.69) is 53.8 Å². The molecule has 2 nitrogen and oxygen atoms in total. The quantitative estimate of drug-likeness (QED) is 0.694. The molecule has 3 N–H and O–H groups in total. The van der Waals surface area contributed by atoms with Crippen molar-refractivity contribution >= 4 is 0 Å². The summed E-state index contributed by atoms with van der Waals surface area (Å²) in [6, 6.07) is 29.1. The average Bonchev–Trinajstić information content (AvgIpc) is 2.61. The highest BCUT2D eigenvalue weighted by atomic mass is 15.0. The van der Waals surface area contributed by atoms with Gasteiger partial charge in [0.15, 0.2) is 0 Å².